The molecule has 2 atom stereocenters. The minimum atomic E-state index is 0.125. The van der Waals surface area contributed by atoms with Crippen molar-refractivity contribution in [3.05, 3.63) is 29.3 Å². The summed E-state index contributed by atoms with van der Waals surface area (Å²) in [5.41, 5.74) is 2.37. The third-order valence-electron chi connectivity index (χ3n) is 4.24. The van der Waals surface area contributed by atoms with Crippen LogP contribution in [0.1, 0.15) is 30.4 Å². The number of hydrogen-bond acceptors (Lipinski definition) is 2. The van der Waals surface area contributed by atoms with Crippen LogP contribution in [0.2, 0.25) is 0 Å². The Labute approximate surface area is 107 Å². The zero-order valence-corrected chi connectivity index (χ0v) is 10.4. The van der Waals surface area contributed by atoms with Crippen LogP contribution in [0.5, 0.6) is 0 Å². The molecule has 92 valence electrons. The van der Waals surface area contributed by atoms with Crippen molar-refractivity contribution in [1.29, 1.82) is 5.26 Å². The second-order valence-electron chi connectivity index (χ2n) is 5.55. The monoisotopic (exact) mass is 240 g/mol. The number of fused-ring (bicyclic) bond motifs is 1. The van der Waals surface area contributed by atoms with Crippen LogP contribution < -0.4 is 5.32 Å². The molecule has 2 fully saturated rings. The van der Waals surface area contributed by atoms with E-state index in [4.69, 9.17) is 5.26 Å². The number of hydrogen-bond donors (Lipinski definition) is 1. The van der Waals surface area contributed by atoms with E-state index in [1.165, 1.54) is 6.42 Å². The van der Waals surface area contributed by atoms with Gasteiger partial charge in [-0.05, 0) is 55.7 Å². The highest BCUT2D eigenvalue weighted by atomic mass is 16.1. The van der Waals surface area contributed by atoms with Gasteiger partial charge in [0.15, 0.2) is 0 Å². The largest absolute Gasteiger partial charge is 0.326 e. The number of benzene rings is 1. The number of amides is 1. The number of rotatable bonds is 2. The number of carbonyl (C=O) groups excluding carboxylic acids is 1. The Hall–Kier alpha value is -1.82. The summed E-state index contributed by atoms with van der Waals surface area (Å²) in [5.74, 6) is 1.93. The van der Waals surface area contributed by atoms with E-state index < -0.39 is 0 Å². The van der Waals surface area contributed by atoms with Crippen LogP contribution in [0, 0.1) is 36.0 Å². The summed E-state index contributed by atoms with van der Waals surface area (Å²) in [6.45, 7) is 1.95. The Morgan fingerprint density at radius 3 is 2.72 bits per heavy atom. The molecular formula is C15H16N2O. The van der Waals surface area contributed by atoms with Crippen LogP contribution in [0.4, 0.5) is 5.69 Å². The lowest BCUT2D eigenvalue weighted by molar-refractivity contribution is -0.120. The van der Waals surface area contributed by atoms with Crippen LogP contribution in [0.3, 0.4) is 0 Å². The molecule has 1 N–H and O–H groups in total. The maximum atomic E-state index is 12.1. The molecule has 2 unspecified atom stereocenters. The van der Waals surface area contributed by atoms with Crippen LogP contribution in [0.25, 0.3) is 0 Å². The summed E-state index contributed by atoms with van der Waals surface area (Å²) in [4.78, 5) is 12.1. The molecule has 18 heavy (non-hydrogen) atoms. The zero-order valence-electron chi connectivity index (χ0n) is 10.4. The molecule has 0 radical (unpaired) electrons. The average Bonchev–Trinajstić information content (AvgIpc) is 2.98. The molecule has 0 aromatic heterocycles. The molecular weight excluding hydrogens is 224 g/mol. The van der Waals surface area contributed by atoms with Gasteiger partial charge in [-0.15, -0.1) is 0 Å². The van der Waals surface area contributed by atoms with Gasteiger partial charge in [0.05, 0.1) is 11.6 Å². The maximum absolute atomic E-state index is 12.1. The topological polar surface area (TPSA) is 52.9 Å². The zero-order chi connectivity index (χ0) is 12.7. The maximum Gasteiger partial charge on any atom is 0.227 e. The van der Waals surface area contributed by atoms with Crippen molar-refractivity contribution in [3.8, 4) is 6.07 Å². The summed E-state index contributed by atoms with van der Waals surface area (Å²) in [6.07, 6.45) is 3.42. The highest BCUT2D eigenvalue weighted by Gasteiger charge is 2.47. The van der Waals surface area contributed by atoms with Crippen molar-refractivity contribution in [1.82, 2.24) is 0 Å². The van der Waals surface area contributed by atoms with Gasteiger partial charge in [-0.2, -0.15) is 5.26 Å². The van der Waals surface area contributed by atoms with Gasteiger partial charge in [-0.25, -0.2) is 0 Å². The fourth-order valence-corrected chi connectivity index (χ4v) is 2.99. The molecule has 2 saturated carbocycles. The first kappa shape index (κ1) is 11.3. The highest BCUT2D eigenvalue weighted by Crippen LogP contribution is 2.54. The summed E-state index contributed by atoms with van der Waals surface area (Å²) >= 11 is 0. The van der Waals surface area contributed by atoms with Gasteiger partial charge in [0, 0.05) is 11.6 Å². The Bertz CT molecular complexity index is 534. The number of nitrogens with zero attached hydrogens (tertiary/aromatic N) is 1. The van der Waals surface area contributed by atoms with Crippen LogP contribution in [-0.2, 0) is 4.79 Å². The molecule has 0 heterocycles. The van der Waals surface area contributed by atoms with E-state index in [1.807, 2.05) is 13.0 Å². The van der Waals surface area contributed by atoms with Gasteiger partial charge < -0.3 is 5.32 Å². The van der Waals surface area contributed by atoms with Crippen molar-refractivity contribution >= 4 is 11.6 Å². The fourth-order valence-electron chi connectivity index (χ4n) is 2.99. The highest BCUT2D eigenvalue weighted by molar-refractivity contribution is 5.93. The molecule has 3 nitrogen and oxygen atoms in total. The second-order valence-corrected chi connectivity index (χ2v) is 5.55. The van der Waals surface area contributed by atoms with E-state index in [0.29, 0.717) is 5.56 Å². The molecule has 0 aliphatic heterocycles. The Balaban J connectivity index is 1.72. The lowest BCUT2D eigenvalue weighted by atomic mass is 10.0. The number of aryl methyl sites for hydroxylation is 1. The standard InChI is InChI=1S/C15H16N2O/c1-9-2-3-10(8-16)4-14(9)17-15(18)13-6-11-5-12(11)7-13/h2-4,11-13H,5-7H2,1H3,(H,17,18). The summed E-state index contributed by atoms with van der Waals surface area (Å²) in [5, 5.41) is 11.9. The Morgan fingerprint density at radius 1 is 1.33 bits per heavy atom. The Morgan fingerprint density at radius 2 is 2.06 bits per heavy atom. The van der Waals surface area contributed by atoms with Crippen molar-refractivity contribution in [3.63, 3.8) is 0 Å². The first-order valence-corrected chi connectivity index (χ1v) is 6.49. The quantitative estimate of drug-likeness (QED) is 0.864. The third-order valence-corrected chi connectivity index (χ3v) is 4.24. The molecule has 0 spiro atoms. The number of nitriles is 1. The number of carbonyl (C=O) groups is 1. The molecule has 0 saturated heterocycles. The number of nitrogens with one attached hydrogen (secondary N) is 1. The van der Waals surface area contributed by atoms with Crippen molar-refractivity contribution in [2.75, 3.05) is 5.32 Å². The van der Waals surface area contributed by atoms with Crippen LogP contribution in [-0.4, -0.2) is 5.91 Å². The predicted octanol–water partition coefficient (Wildman–Crippen LogP) is 2.85. The minimum absolute atomic E-state index is 0.125. The van der Waals surface area contributed by atoms with E-state index in [2.05, 4.69) is 11.4 Å². The van der Waals surface area contributed by atoms with Gasteiger partial charge in [-0.3, -0.25) is 4.79 Å². The van der Waals surface area contributed by atoms with E-state index in [1.54, 1.807) is 12.1 Å². The third kappa shape index (κ3) is 1.99. The van der Waals surface area contributed by atoms with Crippen molar-refractivity contribution < 1.29 is 4.79 Å². The minimum Gasteiger partial charge on any atom is -0.326 e. The van der Waals surface area contributed by atoms with Crippen LogP contribution in [0.15, 0.2) is 18.2 Å². The van der Waals surface area contributed by atoms with E-state index in [0.717, 1.165) is 35.9 Å². The molecule has 3 rings (SSSR count). The van der Waals surface area contributed by atoms with Crippen LogP contribution >= 0.6 is 0 Å². The van der Waals surface area contributed by atoms with E-state index in [9.17, 15) is 4.79 Å². The van der Waals surface area contributed by atoms with E-state index in [-0.39, 0.29) is 11.8 Å². The van der Waals surface area contributed by atoms with Gasteiger partial charge in [0.25, 0.3) is 0 Å². The second kappa shape index (κ2) is 4.13. The summed E-state index contributed by atoms with van der Waals surface area (Å²) in [7, 11) is 0. The van der Waals surface area contributed by atoms with Gasteiger partial charge >= 0.3 is 0 Å². The fraction of sp³-hybridized carbons (Fsp3) is 0.467. The summed E-state index contributed by atoms with van der Waals surface area (Å²) in [6, 6.07) is 7.50. The smallest absolute Gasteiger partial charge is 0.227 e. The molecule has 1 aromatic rings. The van der Waals surface area contributed by atoms with Crippen molar-refractivity contribution in [2.24, 2.45) is 17.8 Å². The van der Waals surface area contributed by atoms with Crippen molar-refractivity contribution in [2.45, 2.75) is 26.2 Å². The lowest BCUT2D eigenvalue weighted by Crippen LogP contribution is -2.22. The SMILES string of the molecule is Cc1ccc(C#N)cc1NC(=O)C1CC2CC2C1. The molecule has 2 aliphatic carbocycles. The van der Waals surface area contributed by atoms with Gasteiger partial charge in [0.2, 0.25) is 5.91 Å². The number of anilines is 1. The van der Waals surface area contributed by atoms with E-state index >= 15 is 0 Å². The molecule has 0 bridgehead atoms. The predicted molar refractivity (Wildman–Crippen MR) is 68.8 cm³/mol. The average molecular weight is 240 g/mol. The summed E-state index contributed by atoms with van der Waals surface area (Å²) < 4.78 is 0. The molecule has 2 aliphatic rings. The van der Waals surface area contributed by atoms with Gasteiger partial charge in [-0.1, -0.05) is 6.07 Å². The normalized spacial score (nSPS) is 28.3. The first-order valence-electron chi connectivity index (χ1n) is 6.49. The first-order chi connectivity index (χ1) is 8.67. The molecule has 3 heteroatoms. The molecule has 1 aromatic carbocycles. The molecule has 1 amide bonds. The Kier molecular flexibility index (Phi) is 2.59. The lowest BCUT2D eigenvalue weighted by Gasteiger charge is -2.14. The van der Waals surface area contributed by atoms with Gasteiger partial charge in [0.1, 0.15) is 0 Å².